The summed E-state index contributed by atoms with van der Waals surface area (Å²) in [6, 6.07) is 6.55. The second kappa shape index (κ2) is 5.33. The maximum Gasteiger partial charge on any atom is 0.310 e. The molecule has 1 aliphatic carbocycles. The molecular weight excluding hydrogens is 238 g/mol. The summed E-state index contributed by atoms with van der Waals surface area (Å²) in [5, 5.41) is 12.4. The molecule has 0 radical (unpaired) electrons. The van der Waals surface area contributed by atoms with Crippen LogP contribution in [0.25, 0.3) is 0 Å². The van der Waals surface area contributed by atoms with E-state index in [1.165, 1.54) is 16.7 Å². The lowest BCUT2D eigenvalue weighted by Gasteiger charge is -2.14. The average Bonchev–Trinajstić information content (AvgIpc) is 3.12. The largest absolute Gasteiger partial charge is 0.481 e. The first-order valence-corrected chi connectivity index (χ1v) is 6.98. The zero-order valence-corrected chi connectivity index (χ0v) is 12.0. The summed E-state index contributed by atoms with van der Waals surface area (Å²) in [5.41, 5.74) is 3.38. The summed E-state index contributed by atoms with van der Waals surface area (Å²) in [5.74, 6) is -0.138. The molecule has 0 heterocycles. The number of hydrogen-bond donors (Lipinski definition) is 2. The first kappa shape index (κ1) is 14.1. The highest BCUT2D eigenvalue weighted by molar-refractivity contribution is 5.78. The third kappa shape index (κ3) is 3.16. The summed E-state index contributed by atoms with van der Waals surface area (Å²) in [6.07, 6.45) is 1.61. The molecule has 1 aliphatic rings. The van der Waals surface area contributed by atoms with Crippen LogP contribution in [0.5, 0.6) is 0 Å². The molecule has 1 aromatic rings. The molecule has 1 saturated carbocycles. The van der Waals surface area contributed by atoms with Crippen molar-refractivity contribution >= 4 is 5.97 Å². The van der Waals surface area contributed by atoms with Crippen molar-refractivity contribution in [2.45, 2.75) is 46.1 Å². The van der Waals surface area contributed by atoms with E-state index < -0.39 is 11.4 Å². The Morgan fingerprint density at radius 3 is 2.63 bits per heavy atom. The number of aryl methyl sites for hydroxylation is 1. The number of nitrogens with one attached hydrogen (secondary N) is 1. The molecular formula is C16H23NO2. The number of carbonyl (C=O) groups is 1. The lowest BCUT2D eigenvalue weighted by atomic mass is 9.97. The lowest BCUT2D eigenvalue weighted by molar-refractivity contribution is -0.143. The van der Waals surface area contributed by atoms with Crippen LogP contribution >= 0.6 is 0 Å². The zero-order chi connectivity index (χ0) is 14.0. The molecule has 19 heavy (non-hydrogen) atoms. The highest BCUT2D eigenvalue weighted by atomic mass is 16.4. The van der Waals surface area contributed by atoms with E-state index in [0.717, 1.165) is 19.4 Å². The third-order valence-electron chi connectivity index (χ3n) is 4.13. The van der Waals surface area contributed by atoms with Crippen LogP contribution in [-0.4, -0.2) is 17.6 Å². The van der Waals surface area contributed by atoms with Gasteiger partial charge in [-0.3, -0.25) is 4.79 Å². The number of hydrogen-bond acceptors (Lipinski definition) is 2. The Morgan fingerprint density at radius 1 is 1.42 bits per heavy atom. The van der Waals surface area contributed by atoms with Gasteiger partial charge in [-0.25, -0.2) is 0 Å². The van der Waals surface area contributed by atoms with Crippen LogP contribution < -0.4 is 5.32 Å². The van der Waals surface area contributed by atoms with Gasteiger partial charge in [-0.2, -0.15) is 0 Å². The monoisotopic (exact) mass is 261 g/mol. The van der Waals surface area contributed by atoms with Gasteiger partial charge < -0.3 is 10.4 Å². The average molecular weight is 261 g/mol. The Kier molecular flexibility index (Phi) is 3.95. The van der Waals surface area contributed by atoms with E-state index in [-0.39, 0.29) is 0 Å². The summed E-state index contributed by atoms with van der Waals surface area (Å²) < 4.78 is 0. The zero-order valence-electron chi connectivity index (χ0n) is 12.0. The first-order chi connectivity index (χ1) is 8.94. The highest BCUT2D eigenvalue weighted by Gasteiger charge is 2.49. The van der Waals surface area contributed by atoms with Crippen LogP contribution in [0.15, 0.2) is 18.2 Å². The van der Waals surface area contributed by atoms with Crippen LogP contribution in [0, 0.1) is 12.3 Å². The molecule has 0 atom stereocenters. The molecule has 2 N–H and O–H groups in total. The van der Waals surface area contributed by atoms with Crippen molar-refractivity contribution in [2.24, 2.45) is 5.41 Å². The van der Waals surface area contributed by atoms with Crippen LogP contribution in [-0.2, 0) is 11.3 Å². The van der Waals surface area contributed by atoms with E-state index in [1.54, 1.807) is 0 Å². The van der Waals surface area contributed by atoms with Gasteiger partial charge in [0, 0.05) is 13.1 Å². The fraction of sp³-hybridized carbons (Fsp3) is 0.562. The summed E-state index contributed by atoms with van der Waals surface area (Å²) in [7, 11) is 0. The summed E-state index contributed by atoms with van der Waals surface area (Å²) in [4.78, 5) is 11.1. The van der Waals surface area contributed by atoms with Crippen molar-refractivity contribution in [3.8, 4) is 0 Å². The van der Waals surface area contributed by atoms with E-state index in [9.17, 15) is 4.79 Å². The lowest BCUT2D eigenvalue weighted by Crippen LogP contribution is -2.29. The van der Waals surface area contributed by atoms with Crippen molar-refractivity contribution in [3.63, 3.8) is 0 Å². The van der Waals surface area contributed by atoms with Gasteiger partial charge in [-0.05, 0) is 42.4 Å². The maximum atomic E-state index is 11.1. The molecule has 0 unspecified atom stereocenters. The number of carboxylic acids is 1. The number of carboxylic acid groups (broad SMARTS) is 1. The van der Waals surface area contributed by atoms with E-state index >= 15 is 0 Å². The Hall–Kier alpha value is -1.35. The predicted molar refractivity (Wildman–Crippen MR) is 76.3 cm³/mol. The fourth-order valence-corrected chi connectivity index (χ4v) is 2.29. The number of aliphatic carboxylic acids is 1. The number of rotatable bonds is 6. The standard InChI is InChI=1S/C16H23NO2/c1-11(2)13-5-4-12(3)14(8-13)9-17-10-16(6-7-16)15(18)19/h4-5,8,11,17H,6-7,9-10H2,1-3H3,(H,18,19). The SMILES string of the molecule is Cc1ccc(C(C)C)cc1CNCC1(C(=O)O)CC1. The van der Waals surface area contributed by atoms with Gasteiger partial charge in [0.2, 0.25) is 0 Å². The van der Waals surface area contributed by atoms with Crippen molar-refractivity contribution in [2.75, 3.05) is 6.54 Å². The van der Waals surface area contributed by atoms with Gasteiger partial charge in [-0.1, -0.05) is 32.0 Å². The molecule has 2 rings (SSSR count). The van der Waals surface area contributed by atoms with E-state index in [1.807, 2.05) is 0 Å². The van der Waals surface area contributed by atoms with Gasteiger partial charge >= 0.3 is 5.97 Å². The maximum absolute atomic E-state index is 11.1. The molecule has 104 valence electrons. The van der Waals surface area contributed by atoms with Crippen molar-refractivity contribution in [1.29, 1.82) is 0 Å². The minimum atomic E-state index is -0.660. The minimum Gasteiger partial charge on any atom is -0.481 e. The second-order valence-electron chi connectivity index (χ2n) is 6.03. The quantitative estimate of drug-likeness (QED) is 0.827. The Bertz CT molecular complexity index is 476. The normalized spacial score (nSPS) is 16.6. The molecule has 3 heteroatoms. The first-order valence-electron chi connectivity index (χ1n) is 6.98. The van der Waals surface area contributed by atoms with Crippen LogP contribution in [0.1, 0.15) is 49.3 Å². The smallest absolute Gasteiger partial charge is 0.310 e. The van der Waals surface area contributed by atoms with Gasteiger partial charge in [-0.15, -0.1) is 0 Å². The van der Waals surface area contributed by atoms with Gasteiger partial charge in [0.1, 0.15) is 0 Å². The van der Waals surface area contributed by atoms with Crippen molar-refractivity contribution in [1.82, 2.24) is 5.32 Å². The molecule has 0 aliphatic heterocycles. The van der Waals surface area contributed by atoms with E-state index in [2.05, 4.69) is 44.3 Å². The molecule has 1 aromatic carbocycles. The summed E-state index contributed by atoms with van der Waals surface area (Å²) in [6.45, 7) is 7.80. The Labute approximate surface area is 115 Å². The van der Waals surface area contributed by atoms with Gasteiger partial charge in [0.15, 0.2) is 0 Å². The van der Waals surface area contributed by atoms with Crippen LogP contribution in [0.3, 0.4) is 0 Å². The van der Waals surface area contributed by atoms with E-state index in [0.29, 0.717) is 12.5 Å². The van der Waals surface area contributed by atoms with E-state index in [4.69, 9.17) is 5.11 Å². The molecule has 0 bridgehead atoms. The topological polar surface area (TPSA) is 49.3 Å². The molecule has 3 nitrogen and oxygen atoms in total. The second-order valence-corrected chi connectivity index (χ2v) is 6.03. The van der Waals surface area contributed by atoms with Gasteiger partial charge in [0.25, 0.3) is 0 Å². The van der Waals surface area contributed by atoms with Gasteiger partial charge in [0.05, 0.1) is 5.41 Å². The third-order valence-corrected chi connectivity index (χ3v) is 4.13. The summed E-state index contributed by atoms with van der Waals surface area (Å²) >= 11 is 0. The minimum absolute atomic E-state index is 0.483. The number of benzene rings is 1. The fourth-order valence-electron chi connectivity index (χ4n) is 2.29. The molecule has 0 aromatic heterocycles. The molecule has 0 spiro atoms. The highest BCUT2D eigenvalue weighted by Crippen LogP contribution is 2.45. The van der Waals surface area contributed by atoms with Crippen LogP contribution in [0.4, 0.5) is 0 Å². The predicted octanol–water partition coefficient (Wildman–Crippen LogP) is 3.07. The van der Waals surface area contributed by atoms with Crippen molar-refractivity contribution < 1.29 is 9.90 Å². The molecule has 0 amide bonds. The molecule has 1 fully saturated rings. The van der Waals surface area contributed by atoms with Crippen molar-refractivity contribution in [3.05, 3.63) is 34.9 Å². The Morgan fingerprint density at radius 2 is 2.11 bits per heavy atom. The Balaban J connectivity index is 1.96. The molecule has 0 saturated heterocycles. The van der Waals surface area contributed by atoms with Crippen LogP contribution in [0.2, 0.25) is 0 Å².